The number of ether oxygens (including phenoxy) is 1. The van der Waals surface area contributed by atoms with Gasteiger partial charge in [-0.15, -0.1) is 0 Å². The number of amides is 2. The molecule has 0 heterocycles. The van der Waals surface area contributed by atoms with Crippen LogP contribution >= 0.6 is 15.9 Å². The number of carbonyl (C=O) groups excluding carboxylic acids is 2. The van der Waals surface area contributed by atoms with E-state index in [1.54, 1.807) is 13.0 Å². The van der Waals surface area contributed by atoms with Crippen molar-refractivity contribution in [3.63, 3.8) is 0 Å². The Bertz CT molecular complexity index is 931. The van der Waals surface area contributed by atoms with Gasteiger partial charge in [0.05, 0.1) is 6.42 Å². The molecule has 7 heteroatoms. The zero-order chi connectivity index (χ0) is 21.6. The smallest absolute Gasteiger partial charge is 0.277 e. The van der Waals surface area contributed by atoms with Gasteiger partial charge in [0, 0.05) is 15.9 Å². The van der Waals surface area contributed by atoms with Crippen molar-refractivity contribution in [1.82, 2.24) is 5.43 Å². The van der Waals surface area contributed by atoms with E-state index in [-0.39, 0.29) is 18.9 Å². The van der Waals surface area contributed by atoms with Crippen LogP contribution < -0.4 is 15.5 Å². The summed E-state index contributed by atoms with van der Waals surface area (Å²) in [4.78, 5) is 24.2. The minimum Gasteiger partial charge on any atom is -0.483 e. The van der Waals surface area contributed by atoms with Gasteiger partial charge in [-0.2, -0.15) is 5.10 Å². The number of hydrogen-bond acceptors (Lipinski definition) is 4. The van der Waals surface area contributed by atoms with Gasteiger partial charge in [-0.05, 0) is 69.5 Å². The number of benzene rings is 2. The van der Waals surface area contributed by atoms with E-state index < -0.39 is 5.91 Å². The standard InChI is InChI=1S/C22H26BrN3O3/c1-13-8-15(3)22(16(4)9-13)24-20(27)11-17(5)25-26-21(28)12-29-19-7-6-18(23)10-14(19)2/h6-10H,11-12H2,1-5H3,(H,24,27)(H,26,28)/b25-17+. The number of rotatable bonds is 7. The van der Waals surface area contributed by atoms with E-state index in [1.807, 2.05) is 52.0 Å². The van der Waals surface area contributed by atoms with Crippen LogP contribution in [0.15, 0.2) is 39.9 Å². The van der Waals surface area contributed by atoms with Crippen molar-refractivity contribution in [3.8, 4) is 5.75 Å². The lowest BCUT2D eigenvalue weighted by molar-refractivity contribution is -0.123. The zero-order valence-electron chi connectivity index (χ0n) is 17.4. The van der Waals surface area contributed by atoms with Gasteiger partial charge < -0.3 is 10.1 Å². The van der Waals surface area contributed by atoms with Gasteiger partial charge in [0.15, 0.2) is 6.61 Å². The topological polar surface area (TPSA) is 79.8 Å². The number of hydrogen-bond donors (Lipinski definition) is 2. The highest BCUT2D eigenvalue weighted by Gasteiger charge is 2.10. The molecule has 0 saturated heterocycles. The lowest BCUT2D eigenvalue weighted by Gasteiger charge is -2.13. The Morgan fingerprint density at radius 3 is 2.28 bits per heavy atom. The molecule has 2 aromatic rings. The second-order valence-electron chi connectivity index (χ2n) is 7.08. The van der Waals surface area contributed by atoms with Gasteiger partial charge >= 0.3 is 0 Å². The summed E-state index contributed by atoms with van der Waals surface area (Å²) in [5.41, 5.74) is 7.83. The molecule has 0 unspecified atom stereocenters. The molecular formula is C22H26BrN3O3. The Morgan fingerprint density at radius 2 is 1.66 bits per heavy atom. The average Bonchev–Trinajstić information content (AvgIpc) is 2.62. The fourth-order valence-corrected chi connectivity index (χ4v) is 3.42. The van der Waals surface area contributed by atoms with Crippen LogP contribution in [-0.4, -0.2) is 24.1 Å². The number of nitrogens with one attached hydrogen (secondary N) is 2. The van der Waals surface area contributed by atoms with Crippen molar-refractivity contribution >= 4 is 39.1 Å². The van der Waals surface area contributed by atoms with E-state index in [9.17, 15) is 9.59 Å². The van der Waals surface area contributed by atoms with Crippen molar-refractivity contribution in [2.24, 2.45) is 5.10 Å². The number of hydrazone groups is 1. The molecule has 0 fully saturated rings. The SMILES string of the molecule is C/C(CC(=O)Nc1c(C)cc(C)cc1C)=N\NC(=O)COc1ccc(Br)cc1C. The lowest BCUT2D eigenvalue weighted by atomic mass is 10.0. The summed E-state index contributed by atoms with van der Waals surface area (Å²) in [6, 6.07) is 9.60. The average molecular weight is 460 g/mol. The van der Waals surface area contributed by atoms with Crippen LogP contribution in [0.3, 0.4) is 0 Å². The molecule has 0 aliphatic rings. The van der Waals surface area contributed by atoms with Crippen LogP contribution in [0.25, 0.3) is 0 Å². The summed E-state index contributed by atoms with van der Waals surface area (Å²) >= 11 is 3.38. The molecule has 0 atom stereocenters. The molecule has 2 rings (SSSR count). The predicted molar refractivity (Wildman–Crippen MR) is 120 cm³/mol. The van der Waals surface area contributed by atoms with Gasteiger partial charge in [-0.3, -0.25) is 9.59 Å². The van der Waals surface area contributed by atoms with Crippen LogP contribution in [0, 0.1) is 27.7 Å². The normalized spacial score (nSPS) is 11.2. The van der Waals surface area contributed by atoms with Crippen molar-refractivity contribution in [3.05, 3.63) is 57.1 Å². The fourth-order valence-electron chi connectivity index (χ4n) is 2.94. The van der Waals surface area contributed by atoms with Crippen LogP contribution in [0.1, 0.15) is 35.6 Å². The van der Waals surface area contributed by atoms with E-state index in [0.717, 1.165) is 32.4 Å². The molecule has 2 amide bonds. The summed E-state index contributed by atoms with van der Waals surface area (Å²) in [6.07, 6.45) is 0.0830. The molecule has 0 spiro atoms. The minimum atomic E-state index is -0.391. The van der Waals surface area contributed by atoms with Crippen molar-refractivity contribution in [1.29, 1.82) is 0 Å². The maximum atomic E-state index is 12.3. The number of halogens is 1. The number of carbonyl (C=O) groups is 2. The van der Waals surface area contributed by atoms with Crippen molar-refractivity contribution < 1.29 is 14.3 Å². The second-order valence-corrected chi connectivity index (χ2v) is 7.99. The maximum Gasteiger partial charge on any atom is 0.277 e. The van der Waals surface area contributed by atoms with Crippen molar-refractivity contribution in [2.75, 3.05) is 11.9 Å². The second kappa shape index (κ2) is 10.2. The van der Waals surface area contributed by atoms with Gasteiger partial charge in [-0.25, -0.2) is 5.43 Å². The van der Waals surface area contributed by atoms with E-state index in [1.165, 1.54) is 0 Å². The first-order chi connectivity index (χ1) is 13.7. The first-order valence-electron chi connectivity index (χ1n) is 9.24. The van der Waals surface area contributed by atoms with Gasteiger partial charge in [0.1, 0.15) is 5.75 Å². The molecular weight excluding hydrogens is 434 g/mol. The number of anilines is 1. The Labute approximate surface area is 179 Å². The Balaban J connectivity index is 1.84. The summed E-state index contributed by atoms with van der Waals surface area (Å²) in [5.74, 6) is 0.0573. The largest absolute Gasteiger partial charge is 0.483 e. The third-order valence-electron chi connectivity index (χ3n) is 4.23. The maximum absolute atomic E-state index is 12.3. The summed E-state index contributed by atoms with van der Waals surface area (Å²) < 4.78 is 6.45. The number of nitrogens with zero attached hydrogens (tertiary/aromatic N) is 1. The molecule has 0 saturated carbocycles. The molecule has 2 aromatic carbocycles. The monoisotopic (exact) mass is 459 g/mol. The Kier molecular flexibility index (Phi) is 7.96. The van der Waals surface area contributed by atoms with Crippen LogP contribution in [0.2, 0.25) is 0 Å². The molecule has 0 aliphatic carbocycles. The lowest BCUT2D eigenvalue weighted by Crippen LogP contribution is -2.26. The molecule has 0 bridgehead atoms. The molecule has 0 radical (unpaired) electrons. The molecule has 6 nitrogen and oxygen atoms in total. The van der Waals surface area contributed by atoms with E-state index in [4.69, 9.17) is 4.74 Å². The molecule has 154 valence electrons. The summed E-state index contributed by atoms with van der Waals surface area (Å²) in [6.45, 7) is 9.37. The predicted octanol–water partition coefficient (Wildman–Crippen LogP) is 4.58. The Hall–Kier alpha value is -2.67. The minimum absolute atomic E-state index is 0.0830. The van der Waals surface area contributed by atoms with Crippen LogP contribution in [0.4, 0.5) is 5.69 Å². The highest BCUT2D eigenvalue weighted by atomic mass is 79.9. The zero-order valence-corrected chi connectivity index (χ0v) is 18.9. The van der Waals surface area contributed by atoms with Crippen LogP contribution in [-0.2, 0) is 9.59 Å². The van der Waals surface area contributed by atoms with E-state index in [2.05, 4.69) is 31.8 Å². The highest BCUT2D eigenvalue weighted by Crippen LogP contribution is 2.23. The first-order valence-corrected chi connectivity index (χ1v) is 10.0. The van der Waals surface area contributed by atoms with Gasteiger partial charge in [0.2, 0.25) is 5.91 Å². The Morgan fingerprint density at radius 1 is 1.00 bits per heavy atom. The highest BCUT2D eigenvalue weighted by molar-refractivity contribution is 9.10. The first kappa shape index (κ1) is 22.6. The molecule has 29 heavy (non-hydrogen) atoms. The van der Waals surface area contributed by atoms with Gasteiger partial charge in [-0.1, -0.05) is 33.6 Å². The summed E-state index contributed by atoms with van der Waals surface area (Å²) in [5, 5.41) is 6.90. The van der Waals surface area contributed by atoms with Crippen molar-refractivity contribution in [2.45, 2.75) is 41.0 Å². The van der Waals surface area contributed by atoms with Crippen LogP contribution in [0.5, 0.6) is 5.75 Å². The third-order valence-corrected chi connectivity index (χ3v) is 4.72. The van der Waals surface area contributed by atoms with E-state index >= 15 is 0 Å². The van der Waals surface area contributed by atoms with Gasteiger partial charge in [0.25, 0.3) is 5.91 Å². The molecule has 0 aliphatic heterocycles. The third kappa shape index (κ3) is 7.02. The fraction of sp³-hybridized carbons (Fsp3) is 0.318. The molecule has 0 aromatic heterocycles. The summed E-state index contributed by atoms with van der Waals surface area (Å²) in [7, 11) is 0. The quantitative estimate of drug-likeness (QED) is 0.469. The van der Waals surface area contributed by atoms with E-state index in [0.29, 0.717) is 11.5 Å². The number of aryl methyl sites for hydroxylation is 4. The molecule has 2 N–H and O–H groups in total.